The molecular weight excluding hydrogens is 244 g/mol. The summed E-state index contributed by atoms with van der Waals surface area (Å²) in [5.41, 5.74) is -0.422. The van der Waals surface area contributed by atoms with Crippen molar-refractivity contribution in [2.45, 2.75) is 51.9 Å². The zero-order valence-electron chi connectivity index (χ0n) is 11.6. The maximum atomic E-state index is 11.7. The summed E-state index contributed by atoms with van der Waals surface area (Å²) in [6, 6.07) is -0.229. The first-order valence-electron chi connectivity index (χ1n) is 7.27. The predicted octanol–water partition coefficient (Wildman–Crippen LogP) is 2.12. The van der Waals surface area contributed by atoms with Gasteiger partial charge in [0.1, 0.15) is 0 Å². The van der Waals surface area contributed by atoms with Crippen molar-refractivity contribution >= 4 is 12.0 Å². The first kappa shape index (κ1) is 14.2. The van der Waals surface area contributed by atoms with Crippen LogP contribution in [-0.4, -0.2) is 30.2 Å². The number of carboxylic acid groups (broad SMARTS) is 1. The highest BCUT2D eigenvalue weighted by Crippen LogP contribution is 2.45. The Morgan fingerprint density at radius 3 is 2.11 bits per heavy atom. The molecular formula is C14H24N2O3. The van der Waals surface area contributed by atoms with Crippen LogP contribution in [0.1, 0.15) is 51.9 Å². The van der Waals surface area contributed by atoms with E-state index in [1.165, 1.54) is 25.7 Å². The average molecular weight is 268 g/mol. The van der Waals surface area contributed by atoms with E-state index >= 15 is 0 Å². The maximum Gasteiger partial charge on any atom is 0.314 e. The van der Waals surface area contributed by atoms with E-state index in [1.807, 2.05) is 0 Å². The quantitative estimate of drug-likeness (QED) is 0.690. The number of amides is 2. The van der Waals surface area contributed by atoms with Gasteiger partial charge in [0.15, 0.2) is 0 Å². The summed E-state index contributed by atoms with van der Waals surface area (Å²) in [6.45, 7) is 3.12. The lowest BCUT2D eigenvalue weighted by Crippen LogP contribution is -2.44. The summed E-state index contributed by atoms with van der Waals surface area (Å²) in [7, 11) is 0. The Morgan fingerprint density at radius 2 is 1.63 bits per heavy atom. The molecule has 0 atom stereocenters. The lowest BCUT2D eigenvalue weighted by molar-refractivity contribution is -0.143. The molecule has 3 N–H and O–H groups in total. The minimum absolute atomic E-state index is 0.229. The Morgan fingerprint density at radius 1 is 1.05 bits per heavy atom. The third-order valence-electron chi connectivity index (χ3n) is 4.93. The highest BCUT2D eigenvalue weighted by molar-refractivity contribution is 5.80. The van der Waals surface area contributed by atoms with Gasteiger partial charge in [-0.15, -0.1) is 0 Å². The van der Waals surface area contributed by atoms with E-state index in [4.69, 9.17) is 5.11 Å². The number of nitrogens with one attached hydrogen (secondary N) is 2. The third-order valence-corrected chi connectivity index (χ3v) is 4.93. The lowest BCUT2D eigenvalue weighted by atomic mass is 9.83. The summed E-state index contributed by atoms with van der Waals surface area (Å²) < 4.78 is 0. The van der Waals surface area contributed by atoms with Crippen molar-refractivity contribution in [3.8, 4) is 0 Å². The van der Waals surface area contributed by atoms with E-state index in [2.05, 4.69) is 17.6 Å². The van der Waals surface area contributed by atoms with Crippen LogP contribution in [0.5, 0.6) is 0 Å². The molecule has 0 aliphatic heterocycles. The molecule has 5 heteroatoms. The highest BCUT2D eigenvalue weighted by atomic mass is 16.4. The fourth-order valence-corrected chi connectivity index (χ4v) is 2.98. The van der Waals surface area contributed by atoms with Crippen molar-refractivity contribution in [1.29, 1.82) is 0 Å². The van der Waals surface area contributed by atoms with Gasteiger partial charge in [0.25, 0.3) is 0 Å². The van der Waals surface area contributed by atoms with Gasteiger partial charge in [0.2, 0.25) is 0 Å². The fraction of sp³-hybridized carbons (Fsp3) is 0.857. The van der Waals surface area contributed by atoms with Gasteiger partial charge in [-0.25, -0.2) is 4.79 Å². The van der Waals surface area contributed by atoms with E-state index in [-0.39, 0.29) is 18.0 Å². The minimum atomic E-state index is -0.798. The SMILES string of the molecule is CCC1(CNC(=O)NCC2(C(=O)O)CC2)CCCC1. The number of hydrogen-bond acceptors (Lipinski definition) is 2. The van der Waals surface area contributed by atoms with Gasteiger partial charge in [0, 0.05) is 13.1 Å². The standard InChI is InChI=1S/C14H24N2O3/c1-2-13(5-3-4-6-13)9-15-12(19)16-10-14(7-8-14)11(17)18/h2-10H2,1H3,(H,17,18)(H2,15,16,19). The van der Waals surface area contributed by atoms with Gasteiger partial charge >= 0.3 is 12.0 Å². The highest BCUT2D eigenvalue weighted by Gasteiger charge is 2.50. The number of carbonyl (C=O) groups is 2. The van der Waals surface area contributed by atoms with E-state index in [0.29, 0.717) is 19.4 Å². The molecule has 0 aromatic carbocycles. The van der Waals surface area contributed by atoms with E-state index in [1.54, 1.807) is 0 Å². The molecule has 2 aliphatic rings. The van der Waals surface area contributed by atoms with Crippen LogP contribution in [0.25, 0.3) is 0 Å². The molecule has 108 valence electrons. The second kappa shape index (κ2) is 5.39. The normalized spacial score (nSPS) is 22.8. The van der Waals surface area contributed by atoms with Crippen molar-refractivity contribution < 1.29 is 14.7 Å². The second-order valence-electron chi connectivity index (χ2n) is 6.18. The summed E-state index contributed by atoms with van der Waals surface area (Å²) in [5.74, 6) is -0.798. The smallest absolute Gasteiger partial charge is 0.314 e. The van der Waals surface area contributed by atoms with Gasteiger partial charge in [-0.05, 0) is 37.5 Å². The summed E-state index contributed by atoms with van der Waals surface area (Å²) in [6.07, 6.45) is 7.29. The first-order chi connectivity index (χ1) is 9.02. The van der Waals surface area contributed by atoms with Crippen molar-refractivity contribution in [2.75, 3.05) is 13.1 Å². The number of carbonyl (C=O) groups excluding carboxylic acids is 1. The maximum absolute atomic E-state index is 11.7. The summed E-state index contributed by atoms with van der Waals surface area (Å²) in [4.78, 5) is 22.7. The molecule has 2 aliphatic carbocycles. The second-order valence-corrected chi connectivity index (χ2v) is 6.18. The minimum Gasteiger partial charge on any atom is -0.481 e. The van der Waals surface area contributed by atoms with Crippen molar-refractivity contribution in [1.82, 2.24) is 10.6 Å². The monoisotopic (exact) mass is 268 g/mol. The molecule has 5 nitrogen and oxygen atoms in total. The van der Waals surface area contributed by atoms with E-state index < -0.39 is 11.4 Å². The summed E-state index contributed by atoms with van der Waals surface area (Å²) >= 11 is 0. The number of aliphatic carboxylic acids is 1. The molecule has 0 bridgehead atoms. The van der Waals surface area contributed by atoms with E-state index in [9.17, 15) is 9.59 Å². The number of hydrogen-bond donors (Lipinski definition) is 3. The molecule has 0 heterocycles. The third kappa shape index (κ3) is 3.19. The molecule has 0 spiro atoms. The van der Waals surface area contributed by atoms with Gasteiger partial charge in [-0.2, -0.15) is 0 Å². The number of carboxylic acids is 1. The van der Waals surface area contributed by atoms with Crippen LogP contribution in [0.3, 0.4) is 0 Å². The molecule has 2 amide bonds. The van der Waals surface area contributed by atoms with Gasteiger partial charge in [0.05, 0.1) is 5.41 Å². The molecule has 19 heavy (non-hydrogen) atoms. The largest absolute Gasteiger partial charge is 0.481 e. The van der Waals surface area contributed by atoms with Crippen LogP contribution in [0.15, 0.2) is 0 Å². The predicted molar refractivity (Wildman–Crippen MR) is 71.9 cm³/mol. The Balaban J connectivity index is 1.71. The molecule has 2 rings (SSSR count). The Kier molecular flexibility index (Phi) is 4.02. The molecule has 2 saturated carbocycles. The molecule has 0 radical (unpaired) electrons. The van der Waals surface area contributed by atoms with Crippen molar-refractivity contribution in [2.24, 2.45) is 10.8 Å². The van der Waals surface area contributed by atoms with E-state index in [0.717, 1.165) is 6.42 Å². The fourth-order valence-electron chi connectivity index (χ4n) is 2.98. The lowest BCUT2D eigenvalue weighted by Gasteiger charge is -2.27. The van der Waals surface area contributed by atoms with Crippen LogP contribution in [0.4, 0.5) is 4.79 Å². The topological polar surface area (TPSA) is 78.4 Å². The molecule has 0 aromatic rings. The van der Waals surface area contributed by atoms with Crippen LogP contribution in [0, 0.1) is 10.8 Å². The number of urea groups is 1. The molecule has 0 saturated heterocycles. The van der Waals surface area contributed by atoms with Gasteiger partial charge in [-0.1, -0.05) is 19.8 Å². The van der Waals surface area contributed by atoms with Crippen LogP contribution < -0.4 is 10.6 Å². The number of rotatable bonds is 6. The molecule has 2 fully saturated rings. The Bertz CT molecular complexity index is 358. The Labute approximate surface area is 114 Å². The molecule has 0 unspecified atom stereocenters. The van der Waals surface area contributed by atoms with Gasteiger partial charge in [-0.3, -0.25) is 4.79 Å². The molecule has 0 aromatic heterocycles. The zero-order valence-corrected chi connectivity index (χ0v) is 11.6. The van der Waals surface area contributed by atoms with Crippen LogP contribution in [-0.2, 0) is 4.79 Å². The van der Waals surface area contributed by atoms with Crippen molar-refractivity contribution in [3.05, 3.63) is 0 Å². The Hall–Kier alpha value is -1.26. The van der Waals surface area contributed by atoms with Crippen LogP contribution >= 0.6 is 0 Å². The zero-order chi connectivity index (χ0) is 13.9. The first-order valence-corrected chi connectivity index (χ1v) is 7.27. The van der Waals surface area contributed by atoms with Crippen molar-refractivity contribution in [3.63, 3.8) is 0 Å². The summed E-state index contributed by atoms with van der Waals surface area (Å²) in [5, 5.41) is 14.6. The average Bonchev–Trinajstić information content (AvgIpc) is 3.06. The van der Waals surface area contributed by atoms with Crippen LogP contribution in [0.2, 0.25) is 0 Å². The van der Waals surface area contributed by atoms with Gasteiger partial charge < -0.3 is 15.7 Å².